The molecule has 0 saturated carbocycles. The van der Waals surface area contributed by atoms with E-state index in [1.165, 1.54) is 38.6 Å². The van der Waals surface area contributed by atoms with Crippen molar-refractivity contribution in [1.82, 2.24) is 4.83 Å². The van der Waals surface area contributed by atoms with Crippen molar-refractivity contribution in [3.63, 3.8) is 0 Å². The third-order valence-electron chi connectivity index (χ3n) is 4.15. The average molecular weight is 440 g/mol. The van der Waals surface area contributed by atoms with Crippen molar-refractivity contribution < 1.29 is 27.4 Å². The van der Waals surface area contributed by atoms with E-state index >= 15 is 0 Å². The van der Waals surface area contributed by atoms with E-state index in [-0.39, 0.29) is 10.6 Å². The average Bonchev–Trinajstić information content (AvgIpc) is 2.80. The van der Waals surface area contributed by atoms with Gasteiger partial charge in [-0.3, -0.25) is 0 Å². The maximum Gasteiger partial charge on any atom is 0.343 e. The fraction of sp³-hybridized carbons (Fsp3) is 0.0909. The van der Waals surface area contributed by atoms with Crippen LogP contribution in [0.3, 0.4) is 0 Å². The number of hydrogen-bond acceptors (Lipinski definition) is 7. The molecular formula is C22H20N2O6S. The van der Waals surface area contributed by atoms with Crippen molar-refractivity contribution >= 4 is 22.2 Å². The fourth-order valence-corrected chi connectivity index (χ4v) is 3.38. The normalized spacial score (nSPS) is 11.2. The molecule has 3 aromatic carbocycles. The quantitative estimate of drug-likeness (QED) is 0.250. The van der Waals surface area contributed by atoms with Gasteiger partial charge in [-0.2, -0.15) is 13.5 Å². The highest BCUT2D eigenvalue weighted by atomic mass is 32.2. The molecule has 8 nitrogen and oxygen atoms in total. The van der Waals surface area contributed by atoms with E-state index in [0.29, 0.717) is 22.6 Å². The lowest BCUT2D eigenvalue weighted by atomic mass is 10.2. The fourth-order valence-electron chi connectivity index (χ4n) is 2.57. The summed E-state index contributed by atoms with van der Waals surface area (Å²) in [5.41, 5.74) is 1.05. The first kappa shape index (κ1) is 21.8. The summed E-state index contributed by atoms with van der Waals surface area (Å²) in [6.07, 6.45) is 1.33. The van der Waals surface area contributed by atoms with Gasteiger partial charge in [0, 0.05) is 6.07 Å². The lowest BCUT2D eigenvalue weighted by Gasteiger charge is -2.09. The van der Waals surface area contributed by atoms with Gasteiger partial charge in [0.15, 0.2) is 11.5 Å². The summed E-state index contributed by atoms with van der Waals surface area (Å²) in [6.45, 7) is 0. The topological polar surface area (TPSA) is 103 Å². The Morgan fingerprint density at radius 2 is 1.58 bits per heavy atom. The number of ether oxygens (including phenoxy) is 3. The minimum Gasteiger partial charge on any atom is -0.493 e. The Balaban J connectivity index is 1.63. The maximum absolute atomic E-state index is 12.4. The molecule has 1 N–H and O–H groups in total. The van der Waals surface area contributed by atoms with Crippen LogP contribution in [-0.4, -0.2) is 34.8 Å². The highest BCUT2D eigenvalue weighted by molar-refractivity contribution is 7.89. The van der Waals surface area contributed by atoms with Crippen LogP contribution < -0.4 is 19.0 Å². The lowest BCUT2D eigenvalue weighted by molar-refractivity contribution is 0.0734. The molecule has 0 bridgehead atoms. The molecule has 0 aliphatic carbocycles. The first-order valence-corrected chi connectivity index (χ1v) is 10.6. The van der Waals surface area contributed by atoms with Crippen molar-refractivity contribution in [2.45, 2.75) is 4.90 Å². The van der Waals surface area contributed by atoms with Gasteiger partial charge in [0.1, 0.15) is 5.75 Å². The molecule has 9 heteroatoms. The van der Waals surface area contributed by atoms with Gasteiger partial charge in [0.2, 0.25) is 0 Å². The van der Waals surface area contributed by atoms with E-state index in [4.69, 9.17) is 14.2 Å². The smallest absolute Gasteiger partial charge is 0.343 e. The standard InChI is InChI=1S/C22H20N2O6S/c1-28-20-13-12-19(14-21(20)29-2)31(26,27)24-23-15-16-8-10-18(11-9-16)30-22(25)17-6-4-3-5-7-17/h3-15,24H,1-2H3/b23-15+. The number of nitrogens with zero attached hydrogens (tertiary/aromatic N) is 1. The first-order valence-electron chi connectivity index (χ1n) is 9.07. The van der Waals surface area contributed by atoms with Crippen molar-refractivity contribution in [3.8, 4) is 17.2 Å². The van der Waals surface area contributed by atoms with Crippen molar-refractivity contribution in [2.24, 2.45) is 5.10 Å². The van der Waals surface area contributed by atoms with Crippen LogP contribution in [-0.2, 0) is 10.0 Å². The second kappa shape index (κ2) is 9.77. The molecule has 0 amide bonds. The highest BCUT2D eigenvalue weighted by Gasteiger charge is 2.16. The predicted molar refractivity (Wildman–Crippen MR) is 115 cm³/mol. The second-order valence-electron chi connectivity index (χ2n) is 6.19. The number of methoxy groups -OCH3 is 2. The van der Waals surface area contributed by atoms with Gasteiger partial charge in [-0.25, -0.2) is 9.63 Å². The summed E-state index contributed by atoms with van der Waals surface area (Å²) in [5.74, 6) is 0.592. The van der Waals surface area contributed by atoms with Crippen molar-refractivity contribution in [1.29, 1.82) is 0 Å². The molecule has 160 valence electrons. The Hall–Kier alpha value is -3.85. The molecule has 0 spiro atoms. The van der Waals surface area contributed by atoms with Crippen LogP contribution in [0.1, 0.15) is 15.9 Å². The Kier molecular flexibility index (Phi) is 6.88. The van der Waals surface area contributed by atoms with Crippen LogP contribution in [0.4, 0.5) is 0 Å². The monoisotopic (exact) mass is 440 g/mol. The number of nitrogens with one attached hydrogen (secondary N) is 1. The number of esters is 1. The molecule has 0 aromatic heterocycles. The van der Waals surface area contributed by atoms with E-state index in [9.17, 15) is 13.2 Å². The molecule has 3 rings (SSSR count). The number of sulfonamides is 1. The van der Waals surface area contributed by atoms with Gasteiger partial charge >= 0.3 is 5.97 Å². The molecule has 0 aliphatic heterocycles. The Morgan fingerprint density at radius 3 is 2.23 bits per heavy atom. The number of carbonyl (C=O) groups is 1. The van der Waals surface area contributed by atoms with Gasteiger partial charge in [0.25, 0.3) is 10.0 Å². The number of hydrazone groups is 1. The molecule has 0 fully saturated rings. The SMILES string of the molecule is COc1ccc(S(=O)(=O)N/N=C/c2ccc(OC(=O)c3ccccc3)cc2)cc1OC. The third-order valence-corrected chi connectivity index (χ3v) is 5.37. The number of rotatable bonds is 8. The summed E-state index contributed by atoms with van der Waals surface area (Å²) in [6, 6.07) is 19.3. The Bertz CT molecular complexity index is 1180. The first-order chi connectivity index (χ1) is 14.9. The minimum atomic E-state index is -3.90. The van der Waals surface area contributed by atoms with Crippen LogP contribution >= 0.6 is 0 Å². The Labute approximate surface area is 180 Å². The third kappa shape index (κ3) is 5.61. The summed E-state index contributed by atoms with van der Waals surface area (Å²) in [7, 11) is -1.02. The molecule has 3 aromatic rings. The Morgan fingerprint density at radius 1 is 0.903 bits per heavy atom. The zero-order valence-electron chi connectivity index (χ0n) is 16.8. The van der Waals surface area contributed by atoms with Gasteiger partial charge in [-0.1, -0.05) is 18.2 Å². The zero-order chi connectivity index (χ0) is 22.3. The van der Waals surface area contributed by atoms with E-state index in [1.807, 2.05) is 6.07 Å². The molecule has 0 heterocycles. The molecule has 0 unspecified atom stereocenters. The van der Waals surface area contributed by atoms with Crippen LogP contribution in [0, 0.1) is 0 Å². The van der Waals surface area contributed by atoms with Crippen LogP contribution in [0.5, 0.6) is 17.2 Å². The van der Waals surface area contributed by atoms with Crippen LogP contribution in [0.15, 0.2) is 82.8 Å². The van der Waals surface area contributed by atoms with Gasteiger partial charge in [-0.05, 0) is 54.1 Å². The molecule has 0 radical (unpaired) electrons. The largest absolute Gasteiger partial charge is 0.493 e. The van der Waals surface area contributed by atoms with E-state index in [2.05, 4.69) is 9.93 Å². The number of benzene rings is 3. The van der Waals surface area contributed by atoms with Crippen LogP contribution in [0.2, 0.25) is 0 Å². The molecule has 0 aliphatic rings. The van der Waals surface area contributed by atoms with Gasteiger partial charge in [0.05, 0.1) is 30.9 Å². The summed E-state index contributed by atoms with van der Waals surface area (Å²) in [4.78, 5) is 14.2. The van der Waals surface area contributed by atoms with Crippen molar-refractivity contribution in [2.75, 3.05) is 14.2 Å². The predicted octanol–water partition coefficient (Wildman–Crippen LogP) is 3.24. The summed E-state index contributed by atoms with van der Waals surface area (Å²) in [5, 5.41) is 3.78. The lowest BCUT2D eigenvalue weighted by Crippen LogP contribution is -2.18. The molecule has 31 heavy (non-hydrogen) atoms. The molecule has 0 saturated heterocycles. The minimum absolute atomic E-state index is 0.0227. The van der Waals surface area contributed by atoms with E-state index in [1.54, 1.807) is 48.5 Å². The second-order valence-corrected chi connectivity index (χ2v) is 7.86. The maximum atomic E-state index is 12.4. The van der Waals surface area contributed by atoms with Gasteiger partial charge in [-0.15, -0.1) is 0 Å². The molecular weight excluding hydrogens is 420 g/mol. The number of carbonyl (C=O) groups excluding carboxylic acids is 1. The molecule has 0 atom stereocenters. The van der Waals surface area contributed by atoms with Gasteiger partial charge < -0.3 is 14.2 Å². The summed E-state index contributed by atoms with van der Waals surface area (Å²) >= 11 is 0. The summed E-state index contributed by atoms with van der Waals surface area (Å²) < 4.78 is 40.4. The highest BCUT2D eigenvalue weighted by Crippen LogP contribution is 2.29. The van der Waals surface area contributed by atoms with Crippen molar-refractivity contribution in [3.05, 3.63) is 83.9 Å². The van der Waals surface area contributed by atoms with Crippen LogP contribution in [0.25, 0.3) is 0 Å². The van der Waals surface area contributed by atoms with E-state index in [0.717, 1.165) is 0 Å². The van der Waals surface area contributed by atoms with E-state index < -0.39 is 16.0 Å². The zero-order valence-corrected chi connectivity index (χ0v) is 17.6. The number of hydrogen-bond donors (Lipinski definition) is 1.